The Morgan fingerprint density at radius 1 is 1.04 bits per heavy atom. The molecule has 2 N–H and O–H groups in total. The molecule has 3 aromatic rings. The second kappa shape index (κ2) is 9.31. The van der Waals surface area contributed by atoms with Gasteiger partial charge in [0.05, 0.1) is 7.11 Å². The van der Waals surface area contributed by atoms with Gasteiger partial charge in [-0.05, 0) is 18.6 Å². The van der Waals surface area contributed by atoms with Gasteiger partial charge < -0.3 is 19.9 Å². The van der Waals surface area contributed by atoms with E-state index in [-0.39, 0.29) is 23.4 Å². The van der Waals surface area contributed by atoms with Crippen LogP contribution < -0.4 is 15.4 Å². The number of aromatic nitrogens is 2. The lowest BCUT2D eigenvalue weighted by Gasteiger charge is -2.08. The van der Waals surface area contributed by atoms with Crippen molar-refractivity contribution in [2.75, 3.05) is 20.2 Å². The van der Waals surface area contributed by atoms with E-state index in [0.717, 1.165) is 5.56 Å². The zero-order valence-electron chi connectivity index (χ0n) is 15.3. The first-order valence-corrected chi connectivity index (χ1v) is 8.76. The molecule has 0 radical (unpaired) electrons. The summed E-state index contributed by atoms with van der Waals surface area (Å²) in [5.41, 5.74) is 1.43. The second-order valence-electron chi connectivity index (χ2n) is 5.87. The number of amides is 2. The van der Waals surface area contributed by atoms with Crippen LogP contribution in [0.3, 0.4) is 0 Å². The van der Waals surface area contributed by atoms with Crippen LogP contribution >= 0.6 is 0 Å². The first-order valence-electron chi connectivity index (χ1n) is 8.76. The lowest BCUT2D eigenvalue weighted by Crippen LogP contribution is -2.30. The Hall–Kier alpha value is -3.68. The summed E-state index contributed by atoms with van der Waals surface area (Å²) in [5.74, 6) is 0.198. The molecule has 144 valence electrons. The van der Waals surface area contributed by atoms with Crippen molar-refractivity contribution in [3.63, 3.8) is 0 Å². The van der Waals surface area contributed by atoms with Crippen molar-refractivity contribution in [2.45, 2.75) is 6.42 Å². The van der Waals surface area contributed by atoms with Gasteiger partial charge in [0.1, 0.15) is 5.56 Å². The number of nitrogens with zero attached hydrogens (tertiary/aromatic N) is 2. The molecule has 0 aliphatic rings. The predicted molar refractivity (Wildman–Crippen MR) is 102 cm³/mol. The van der Waals surface area contributed by atoms with Crippen molar-refractivity contribution < 1.29 is 18.8 Å². The molecule has 0 unspecified atom stereocenters. The molecule has 2 heterocycles. The Kier molecular flexibility index (Phi) is 6.35. The summed E-state index contributed by atoms with van der Waals surface area (Å²) in [4.78, 5) is 28.3. The number of nitrogens with one attached hydrogen (secondary N) is 2. The van der Waals surface area contributed by atoms with Crippen LogP contribution in [-0.2, 0) is 0 Å². The number of carbonyl (C=O) groups excluding carboxylic acids is 2. The van der Waals surface area contributed by atoms with Gasteiger partial charge >= 0.3 is 0 Å². The molecular weight excluding hydrogens is 360 g/mol. The molecule has 0 aliphatic carbocycles. The average Bonchev–Trinajstić information content (AvgIpc) is 3.24. The minimum Gasteiger partial charge on any atom is -0.480 e. The van der Waals surface area contributed by atoms with Crippen molar-refractivity contribution in [3.8, 4) is 17.2 Å². The van der Waals surface area contributed by atoms with E-state index in [2.05, 4.69) is 20.8 Å². The smallest absolute Gasteiger partial charge is 0.273 e. The molecule has 0 aliphatic heterocycles. The summed E-state index contributed by atoms with van der Waals surface area (Å²) < 4.78 is 10.3. The first-order chi connectivity index (χ1) is 13.7. The highest BCUT2D eigenvalue weighted by Crippen LogP contribution is 2.19. The van der Waals surface area contributed by atoms with Crippen molar-refractivity contribution in [1.29, 1.82) is 0 Å². The van der Waals surface area contributed by atoms with Crippen LogP contribution in [0.25, 0.3) is 11.3 Å². The number of pyridine rings is 1. The Morgan fingerprint density at radius 2 is 1.79 bits per heavy atom. The fourth-order valence-corrected chi connectivity index (χ4v) is 2.52. The van der Waals surface area contributed by atoms with E-state index in [4.69, 9.17) is 9.26 Å². The molecule has 2 aromatic heterocycles. The number of hydrogen-bond acceptors (Lipinski definition) is 6. The standard InChI is InChI=1S/C20H20N4O4/c1-27-20-15(9-5-10-23-20)18(25)21-11-6-12-22-19(26)16-13-17(28-24-16)14-7-3-2-4-8-14/h2-5,7-10,13H,6,11-12H2,1H3,(H,21,25)(H,22,26). The quantitative estimate of drug-likeness (QED) is 0.581. The van der Waals surface area contributed by atoms with Gasteiger partial charge in [-0.3, -0.25) is 9.59 Å². The van der Waals surface area contributed by atoms with Crippen LogP contribution in [0.4, 0.5) is 0 Å². The van der Waals surface area contributed by atoms with Crippen molar-refractivity contribution in [3.05, 3.63) is 66.0 Å². The summed E-state index contributed by atoms with van der Waals surface area (Å²) in [7, 11) is 1.46. The summed E-state index contributed by atoms with van der Waals surface area (Å²) in [6.45, 7) is 0.780. The van der Waals surface area contributed by atoms with Crippen LogP contribution in [0.2, 0.25) is 0 Å². The van der Waals surface area contributed by atoms with Gasteiger partial charge in [-0.1, -0.05) is 35.5 Å². The number of benzene rings is 1. The third-order valence-corrected chi connectivity index (χ3v) is 3.93. The molecule has 1 aromatic carbocycles. The average molecular weight is 380 g/mol. The van der Waals surface area contributed by atoms with Crippen molar-refractivity contribution in [1.82, 2.24) is 20.8 Å². The molecule has 0 bridgehead atoms. The number of carbonyl (C=O) groups is 2. The van der Waals surface area contributed by atoms with E-state index in [9.17, 15) is 9.59 Å². The zero-order chi connectivity index (χ0) is 19.8. The van der Waals surface area contributed by atoms with Crippen LogP contribution in [0.5, 0.6) is 5.88 Å². The van der Waals surface area contributed by atoms with Crippen molar-refractivity contribution >= 4 is 11.8 Å². The second-order valence-corrected chi connectivity index (χ2v) is 5.87. The Morgan fingerprint density at radius 3 is 2.54 bits per heavy atom. The molecule has 3 rings (SSSR count). The highest BCUT2D eigenvalue weighted by molar-refractivity contribution is 5.96. The lowest BCUT2D eigenvalue weighted by molar-refractivity contribution is 0.0944. The Labute approximate surface area is 161 Å². The number of hydrogen-bond donors (Lipinski definition) is 2. The molecule has 0 atom stereocenters. The van der Waals surface area contributed by atoms with Crippen LogP contribution in [0.1, 0.15) is 27.3 Å². The largest absolute Gasteiger partial charge is 0.480 e. The lowest BCUT2D eigenvalue weighted by atomic mass is 10.1. The SMILES string of the molecule is COc1ncccc1C(=O)NCCCNC(=O)c1cc(-c2ccccc2)on1. The fraction of sp³-hybridized carbons (Fsp3) is 0.200. The first kappa shape index (κ1) is 19.1. The minimum atomic E-state index is -0.328. The molecule has 28 heavy (non-hydrogen) atoms. The predicted octanol–water partition coefficient (Wildman–Crippen LogP) is 2.30. The summed E-state index contributed by atoms with van der Waals surface area (Å²) in [5, 5.41) is 9.32. The van der Waals surface area contributed by atoms with Gasteiger partial charge in [0.2, 0.25) is 5.88 Å². The fourth-order valence-electron chi connectivity index (χ4n) is 2.52. The van der Waals surface area contributed by atoms with Gasteiger partial charge in [-0.15, -0.1) is 0 Å². The molecular formula is C20H20N4O4. The van der Waals surface area contributed by atoms with Crippen LogP contribution in [-0.4, -0.2) is 42.2 Å². The summed E-state index contributed by atoms with van der Waals surface area (Å²) in [6, 6.07) is 14.3. The molecule has 0 saturated heterocycles. The number of rotatable bonds is 8. The molecule has 2 amide bonds. The van der Waals surface area contributed by atoms with E-state index < -0.39 is 0 Å². The van der Waals surface area contributed by atoms with Gasteiger partial charge in [0, 0.05) is 30.9 Å². The topological polar surface area (TPSA) is 106 Å². The maximum absolute atomic E-state index is 12.1. The molecule has 8 nitrogen and oxygen atoms in total. The molecule has 0 saturated carbocycles. The van der Waals surface area contributed by atoms with E-state index in [0.29, 0.717) is 30.8 Å². The zero-order valence-corrected chi connectivity index (χ0v) is 15.3. The maximum Gasteiger partial charge on any atom is 0.273 e. The van der Waals surface area contributed by atoms with E-state index >= 15 is 0 Å². The third-order valence-electron chi connectivity index (χ3n) is 3.93. The van der Waals surface area contributed by atoms with Gasteiger partial charge in [0.25, 0.3) is 11.8 Å². The molecule has 0 fully saturated rings. The Balaban J connectivity index is 1.42. The highest BCUT2D eigenvalue weighted by Gasteiger charge is 2.14. The Bertz CT molecular complexity index is 940. The minimum absolute atomic E-state index is 0.211. The highest BCUT2D eigenvalue weighted by atomic mass is 16.5. The monoisotopic (exact) mass is 380 g/mol. The van der Waals surface area contributed by atoms with Gasteiger partial charge in [-0.25, -0.2) is 4.98 Å². The number of ether oxygens (including phenoxy) is 1. The molecule has 8 heteroatoms. The van der Waals surface area contributed by atoms with E-state index in [1.807, 2.05) is 30.3 Å². The van der Waals surface area contributed by atoms with Crippen LogP contribution in [0.15, 0.2) is 59.3 Å². The third kappa shape index (κ3) is 4.73. The normalized spacial score (nSPS) is 10.3. The van der Waals surface area contributed by atoms with Crippen LogP contribution in [0, 0.1) is 0 Å². The van der Waals surface area contributed by atoms with Gasteiger partial charge in [0.15, 0.2) is 11.5 Å². The molecule has 0 spiro atoms. The summed E-state index contributed by atoms with van der Waals surface area (Å²) >= 11 is 0. The van der Waals surface area contributed by atoms with Crippen molar-refractivity contribution in [2.24, 2.45) is 0 Å². The summed E-state index contributed by atoms with van der Waals surface area (Å²) in [6.07, 6.45) is 2.11. The van der Waals surface area contributed by atoms with Gasteiger partial charge in [-0.2, -0.15) is 0 Å². The van der Waals surface area contributed by atoms with E-state index in [1.54, 1.807) is 24.4 Å². The number of methoxy groups -OCH3 is 1. The maximum atomic E-state index is 12.1. The van der Waals surface area contributed by atoms with E-state index in [1.165, 1.54) is 7.11 Å².